The first-order valence-electron chi connectivity index (χ1n) is 7.77. The van der Waals surface area contributed by atoms with Crippen LogP contribution in [0, 0.1) is 11.3 Å². The third-order valence-electron chi connectivity index (χ3n) is 4.09. The fourth-order valence-electron chi connectivity index (χ4n) is 2.56. The van der Waals surface area contributed by atoms with Crippen LogP contribution < -0.4 is 5.32 Å². The van der Waals surface area contributed by atoms with Gasteiger partial charge in [0, 0.05) is 18.6 Å². The Morgan fingerprint density at radius 2 is 1.95 bits per heavy atom. The van der Waals surface area contributed by atoms with Crippen molar-refractivity contribution in [3.05, 3.63) is 0 Å². The van der Waals surface area contributed by atoms with Gasteiger partial charge >= 0.3 is 0 Å². The molecule has 0 radical (unpaired) electrons. The molecule has 0 aliphatic carbocycles. The molecular weight excluding hydrogens is 274 g/mol. The molecule has 5 heteroatoms. The van der Waals surface area contributed by atoms with Gasteiger partial charge in [-0.25, -0.2) is 8.42 Å². The summed E-state index contributed by atoms with van der Waals surface area (Å²) < 4.78 is 29.7. The van der Waals surface area contributed by atoms with E-state index < -0.39 is 9.84 Å². The van der Waals surface area contributed by atoms with Crippen molar-refractivity contribution >= 4 is 9.84 Å². The minimum Gasteiger partial charge on any atom is -0.381 e. The molecule has 0 aromatic rings. The van der Waals surface area contributed by atoms with Gasteiger partial charge in [0.2, 0.25) is 0 Å². The van der Waals surface area contributed by atoms with E-state index in [1.54, 1.807) is 13.8 Å². The molecule has 120 valence electrons. The molecule has 20 heavy (non-hydrogen) atoms. The summed E-state index contributed by atoms with van der Waals surface area (Å²) in [4.78, 5) is 0. The lowest BCUT2D eigenvalue weighted by molar-refractivity contribution is -0.00918. The van der Waals surface area contributed by atoms with Gasteiger partial charge in [0.05, 0.1) is 17.6 Å². The van der Waals surface area contributed by atoms with E-state index in [1.807, 2.05) is 0 Å². The van der Waals surface area contributed by atoms with E-state index in [-0.39, 0.29) is 16.4 Å². The first-order valence-corrected chi connectivity index (χ1v) is 9.49. The third-order valence-corrected chi connectivity index (χ3v) is 6.30. The van der Waals surface area contributed by atoms with Gasteiger partial charge in [0.1, 0.15) is 0 Å². The summed E-state index contributed by atoms with van der Waals surface area (Å²) in [6.45, 7) is 11.2. The van der Waals surface area contributed by atoms with E-state index in [1.165, 1.54) is 0 Å². The molecule has 1 heterocycles. The zero-order valence-corrected chi connectivity index (χ0v) is 14.3. The second kappa shape index (κ2) is 7.76. The van der Waals surface area contributed by atoms with Crippen molar-refractivity contribution in [1.82, 2.24) is 5.32 Å². The van der Waals surface area contributed by atoms with Gasteiger partial charge < -0.3 is 10.1 Å². The highest BCUT2D eigenvalue weighted by atomic mass is 32.2. The van der Waals surface area contributed by atoms with Crippen LogP contribution in [0.15, 0.2) is 0 Å². The molecule has 1 fully saturated rings. The molecule has 0 aromatic heterocycles. The number of rotatable bonds is 8. The molecular formula is C15H31NO3S. The Kier molecular flexibility index (Phi) is 6.95. The monoisotopic (exact) mass is 305 g/mol. The zero-order chi connectivity index (χ0) is 15.2. The molecule has 1 aliphatic heterocycles. The molecule has 4 nitrogen and oxygen atoms in total. The molecule has 0 bridgehead atoms. The van der Waals surface area contributed by atoms with Crippen molar-refractivity contribution in [2.45, 2.75) is 52.2 Å². The number of hydrogen-bond acceptors (Lipinski definition) is 4. The van der Waals surface area contributed by atoms with Crippen LogP contribution in [0.2, 0.25) is 0 Å². The van der Waals surface area contributed by atoms with Crippen molar-refractivity contribution in [1.29, 1.82) is 0 Å². The number of ether oxygens (including phenoxy) is 1. The first-order chi connectivity index (χ1) is 9.27. The van der Waals surface area contributed by atoms with Crippen molar-refractivity contribution in [3.8, 4) is 0 Å². The van der Waals surface area contributed by atoms with Crippen LogP contribution in [-0.2, 0) is 14.6 Å². The van der Waals surface area contributed by atoms with Gasteiger partial charge in [-0.1, -0.05) is 13.8 Å². The highest BCUT2D eigenvalue weighted by molar-refractivity contribution is 7.91. The molecule has 1 saturated heterocycles. The lowest BCUT2D eigenvalue weighted by atomic mass is 9.80. The van der Waals surface area contributed by atoms with Crippen molar-refractivity contribution in [2.75, 3.05) is 32.1 Å². The normalized spacial score (nSPS) is 24.5. The summed E-state index contributed by atoms with van der Waals surface area (Å²) in [7, 11) is -2.96. The van der Waals surface area contributed by atoms with E-state index in [4.69, 9.17) is 4.74 Å². The molecule has 0 spiro atoms. The standard InChI is InChI=1S/C15H31NO3S/c1-13(2)10-16-11-15(6-5-8-19-12-15)7-9-20(17,18)14(3)4/h13-14,16H,5-12H2,1-4H3. The van der Waals surface area contributed by atoms with Gasteiger partial charge in [-0.3, -0.25) is 0 Å². The summed E-state index contributed by atoms with van der Waals surface area (Å²) in [6.07, 6.45) is 2.80. The Labute approximate surface area is 124 Å². The average molecular weight is 305 g/mol. The molecule has 1 rings (SSSR count). The van der Waals surface area contributed by atoms with Gasteiger partial charge in [-0.2, -0.15) is 0 Å². The van der Waals surface area contributed by atoms with E-state index in [9.17, 15) is 8.42 Å². The molecule has 0 amide bonds. The molecule has 1 N–H and O–H groups in total. The fourth-order valence-corrected chi connectivity index (χ4v) is 3.74. The lowest BCUT2D eigenvalue weighted by Gasteiger charge is -2.37. The van der Waals surface area contributed by atoms with Crippen molar-refractivity contribution in [3.63, 3.8) is 0 Å². The van der Waals surface area contributed by atoms with Gasteiger partial charge in [0.25, 0.3) is 0 Å². The molecule has 0 aromatic carbocycles. The summed E-state index contributed by atoms with van der Waals surface area (Å²) in [5, 5.41) is 3.20. The Hall–Kier alpha value is -0.130. The van der Waals surface area contributed by atoms with E-state index >= 15 is 0 Å². The van der Waals surface area contributed by atoms with Crippen LogP contribution >= 0.6 is 0 Å². The van der Waals surface area contributed by atoms with Gasteiger partial charge in [0.15, 0.2) is 9.84 Å². The number of sulfone groups is 1. The maximum Gasteiger partial charge on any atom is 0.152 e. The van der Waals surface area contributed by atoms with Crippen LogP contribution in [0.5, 0.6) is 0 Å². The minimum absolute atomic E-state index is 0.00486. The quantitative estimate of drug-likeness (QED) is 0.747. The van der Waals surface area contributed by atoms with Crippen molar-refractivity contribution < 1.29 is 13.2 Å². The second-order valence-corrected chi connectivity index (χ2v) is 9.52. The second-order valence-electron chi connectivity index (χ2n) is 6.85. The smallest absolute Gasteiger partial charge is 0.152 e. The zero-order valence-electron chi connectivity index (χ0n) is 13.4. The minimum atomic E-state index is -2.96. The maximum absolute atomic E-state index is 12.0. The van der Waals surface area contributed by atoms with Crippen LogP contribution in [0.3, 0.4) is 0 Å². The van der Waals surface area contributed by atoms with Gasteiger partial charge in [-0.15, -0.1) is 0 Å². The molecule has 1 atom stereocenters. The van der Waals surface area contributed by atoms with Crippen LogP contribution in [-0.4, -0.2) is 45.7 Å². The Bertz CT molecular complexity index is 371. The van der Waals surface area contributed by atoms with E-state index in [0.717, 1.165) is 32.5 Å². The summed E-state index contributed by atoms with van der Waals surface area (Å²) in [5.74, 6) is 0.883. The maximum atomic E-state index is 12.0. The predicted molar refractivity (Wildman–Crippen MR) is 83.7 cm³/mol. The Balaban J connectivity index is 2.59. The van der Waals surface area contributed by atoms with E-state index in [2.05, 4.69) is 19.2 Å². The lowest BCUT2D eigenvalue weighted by Crippen LogP contribution is -2.43. The first kappa shape index (κ1) is 17.9. The molecule has 1 unspecified atom stereocenters. The fraction of sp³-hybridized carbons (Fsp3) is 1.00. The Morgan fingerprint density at radius 1 is 1.25 bits per heavy atom. The highest BCUT2D eigenvalue weighted by Gasteiger charge is 2.34. The third kappa shape index (κ3) is 5.70. The molecule has 1 aliphatic rings. The summed E-state index contributed by atoms with van der Waals surface area (Å²) in [6, 6.07) is 0. The number of nitrogens with one attached hydrogen (secondary N) is 1. The number of hydrogen-bond donors (Lipinski definition) is 1. The average Bonchev–Trinajstić information content (AvgIpc) is 2.37. The van der Waals surface area contributed by atoms with Crippen molar-refractivity contribution in [2.24, 2.45) is 11.3 Å². The Morgan fingerprint density at radius 3 is 2.45 bits per heavy atom. The summed E-state index contributed by atoms with van der Waals surface area (Å²) >= 11 is 0. The topological polar surface area (TPSA) is 55.4 Å². The predicted octanol–water partition coefficient (Wildman–Crippen LogP) is 2.24. The van der Waals surface area contributed by atoms with Crippen LogP contribution in [0.1, 0.15) is 47.0 Å². The molecule has 0 saturated carbocycles. The van der Waals surface area contributed by atoms with Gasteiger partial charge in [-0.05, 0) is 45.6 Å². The summed E-state index contributed by atoms with van der Waals surface area (Å²) in [5.41, 5.74) is -0.00486. The van der Waals surface area contributed by atoms with Crippen LogP contribution in [0.25, 0.3) is 0 Å². The SMILES string of the molecule is CC(C)CNCC1(CCS(=O)(=O)C(C)C)CCCOC1. The van der Waals surface area contributed by atoms with E-state index in [0.29, 0.717) is 18.9 Å². The van der Waals surface area contributed by atoms with Crippen LogP contribution in [0.4, 0.5) is 0 Å². The highest BCUT2D eigenvalue weighted by Crippen LogP contribution is 2.32. The largest absolute Gasteiger partial charge is 0.381 e.